The summed E-state index contributed by atoms with van der Waals surface area (Å²) < 4.78 is 5.48. The molecule has 0 bridgehead atoms. The van der Waals surface area contributed by atoms with E-state index >= 15 is 0 Å². The monoisotopic (exact) mass is 419 g/mol. The summed E-state index contributed by atoms with van der Waals surface area (Å²) >= 11 is 1.69. The Morgan fingerprint density at radius 1 is 1.10 bits per heavy atom. The van der Waals surface area contributed by atoms with Crippen molar-refractivity contribution in [1.29, 1.82) is 0 Å². The minimum Gasteiger partial charge on any atom is -0.460 e. The van der Waals surface area contributed by atoms with E-state index in [4.69, 9.17) is 4.74 Å². The van der Waals surface area contributed by atoms with Crippen molar-refractivity contribution in [2.45, 2.75) is 45.8 Å². The van der Waals surface area contributed by atoms with Crippen LogP contribution in [0.3, 0.4) is 0 Å². The maximum Gasteiger partial charge on any atom is 0.313 e. The first-order valence-corrected chi connectivity index (χ1v) is 10.9. The van der Waals surface area contributed by atoms with Crippen LogP contribution in [0.25, 0.3) is 10.4 Å². The number of carbonyl (C=O) groups excluding carboxylic acids is 2. The molecule has 5 heteroatoms. The van der Waals surface area contributed by atoms with E-state index in [0.717, 1.165) is 27.9 Å². The summed E-state index contributed by atoms with van der Waals surface area (Å²) in [5, 5.41) is 2.06. The number of amides is 1. The number of hydrogen-bond acceptors (Lipinski definition) is 4. The first kappa shape index (κ1) is 20.4. The number of hydrogen-bond donors (Lipinski definition) is 0. The second-order valence-corrected chi connectivity index (χ2v) is 9.53. The molecule has 4 rings (SSSR count). The van der Waals surface area contributed by atoms with E-state index < -0.39 is 5.60 Å². The van der Waals surface area contributed by atoms with E-state index in [-0.39, 0.29) is 17.8 Å². The van der Waals surface area contributed by atoms with Crippen molar-refractivity contribution < 1.29 is 14.3 Å². The summed E-state index contributed by atoms with van der Waals surface area (Å²) in [6.45, 7) is 7.98. The predicted octanol–water partition coefficient (Wildman–Crippen LogP) is 6.02. The van der Waals surface area contributed by atoms with Crippen LogP contribution >= 0.6 is 11.3 Å². The van der Waals surface area contributed by atoms with Gasteiger partial charge in [0.15, 0.2) is 0 Å². The van der Waals surface area contributed by atoms with Gasteiger partial charge in [-0.2, -0.15) is 0 Å². The third kappa shape index (κ3) is 4.03. The largest absolute Gasteiger partial charge is 0.460 e. The van der Waals surface area contributed by atoms with E-state index in [1.165, 1.54) is 4.88 Å². The van der Waals surface area contributed by atoms with Gasteiger partial charge in [-0.1, -0.05) is 24.3 Å². The van der Waals surface area contributed by atoms with Crippen molar-refractivity contribution in [2.75, 3.05) is 4.90 Å². The maximum absolute atomic E-state index is 12.9. The smallest absolute Gasteiger partial charge is 0.313 e. The molecule has 1 unspecified atom stereocenters. The molecule has 1 aliphatic rings. The zero-order valence-corrected chi connectivity index (χ0v) is 18.5. The third-order valence-electron chi connectivity index (χ3n) is 5.18. The number of benzene rings is 2. The first-order chi connectivity index (χ1) is 14.2. The highest BCUT2D eigenvalue weighted by Crippen LogP contribution is 2.33. The molecule has 0 radical (unpaired) electrons. The second-order valence-electron chi connectivity index (χ2n) is 8.59. The highest BCUT2D eigenvalue weighted by molar-refractivity contribution is 7.13. The van der Waals surface area contributed by atoms with Gasteiger partial charge < -0.3 is 9.64 Å². The quantitative estimate of drug-likeness (QED) is 0.486. The van der Waals surface area contributed by atoms with Crippen LogP contribution in [0.1, 0.15) is 55.1 Å². The summed E-state index contributed by atoms with van der Waals surface area (Å²) in [4.78, 5) is 28.3. The number of carbonyl (C=O) groups is 2. The molecule has 4 nitrogen and oxygen atoms in total. The minimum absolute atomic E-state index is 0.00988. The average molecular weight is 420 g/mol. The Morgan fingerprint density at radius 2 is 1.83 bits per heavy atom. The van der Waals surface area contributed by atoms with Crippen LogP contribution in [0.5, 0.6) is 0 Å². The lowest BCUT2D eigenvalue weighted by molar-refractivity contribution is -0.156. The summed E-state index contributed by atoms with van der Waals surface area (Å²) in [7, 11) is 0. The maximum atomic E-state index is 12.9. The minimum atomic E-state index is -0.513. The zero-order chi connectivity index (χ0) is 21.5. The number of anilines is 1. The van der Waals surface area contributed by atoms with E-state index in [9.17, 15) is 9.59 Å². The molecule has 0 spiro atoms. The fourth-order valence-corrected chi connectivity index (χ4v) is 4.32. The van der Waals surface area contributed by atoms with Gasteiger partial charge in [-0.25, -0.2) is 0 Å². The van der Waals surface area contributed by atoms with Crippen LogP contribution in [0.4, 0.5) is 5.69 Å². The Morgan fingerprint density at radius 3 is 2.47 bits per heavy atom. The molecule has 2 heterocycles. The Hall–Kier alpha value is -2.92. The standard InChI is InChI=1S/C25H25NO3S/c1-16(24(28)29-25(2,3)4)17-7-10-20(11-8-17)26-15-19-14-18(22-6-5-13-30-22)9-12-21(19)23(26)27/h5-14,16H,15H2,1-4H3. The summed E-state index contributed by atoms with van der Waals surface area (Å²) in [6, 6.07) is 17.8. The Labute approximate surface area is 181 Å². The molecule has 1 atom stereocenters. The lowest BCUT2D eigenvalue weighted by atomic mass is 10.0. The summed E-state index contributed by atoms with van der Waals surface area (Å²) in [6.07, 6.45) is 0. The number of ether oxygens (including phenoxy) is 1. The molecule has 1 amide bonds. The van der Waals surface area contributed by atoms with E-state index in [0.29, 0.717) is 6.54 Å². The van der Waals surface area contributed by atoms with E-state index in [2.05, 4.69) is 17.5 Å². The van der Waals surface area contributed by atoms with Crippen LogP contribution in [-0.4, -0.2) is 17.5 Å². The van der Waals surface area contributed by atoms with Crippen molar-refractivity contribution >= 4 is 28.9 Å². The molecule has 1 aromatic heterocycles. The highest BCUT2D eigenvalue weighted by Gasteiger charge is 2.29. The molecule has 0 saturated heterocycles. The molecule has 30 heavy (non-hydrogen) atoms. The van der Waals surface area contributed by atoms with Gasteiger partial charge in [0.05, 0.1) is 12.5 Å². The molecular formula is C25H25NO3S. The van der Waals surface area contributed by atoms with Gasteiger partial charge in [0.25, 0.3) is 5.91 Å². The van der Waals surface area contributed by atoms with Crippen molar-refractivity contribution in [3.63, 3.8) is 0 Å². The lowest BCUT2D eigenvalue weighted by Gasteiger charge is -2.23. The van der Waals surface area contributed by atoms with Gasteiger partial charge in [0.1, 0.15) is 5.60 Å². The topological polar surface area (TPSA) is 46.6 Å². The van der Waals surface area contributed by atoms with Gasteiger partial charge in [-0.15, -0.1) is 11.3 Å². The number of rotatable bonds is 4. The summed E-state index contributed by atoms with van der Waals surface area (Å²) in [5.41, 5.74) is 4.12. The van der Waals surface area contributed by atoms with Crippen molar-refractivity contribution in [1.82, 2.24) is 0 Å². The number of nitrogens with zero attached hydrogens (tertiary/aromatic N) is 1. The van der Waals surface area contributed by atoms with E-state index in [1.807, 2.05) is 70.2 Å². The van der Waals surface area contributed by atoms with Gasteiger partial charge in [0, 0.05) is 16.1 Å². The zero-order valence-electron chi connectivity index (χ0n) is 17.6. The average Bonchev–Trinajstić information content (AvgIpc) is 3.34. The first-order valence-electron chi connectivity index (χ1n) is 10.0. The van der Waals surface area contributed by atoms with Crippen LogP contribution in [0, 0.1) is 0 Å². The molecule has 3 aromatic rings. The Kier molecular flexibility index (Phi) is 5.24. The molecule has 0 N–H and O–H groups in total. The second kappa shape index (κ2) is 7.73. The molecule has 1 aliphatic heterocycles. The van der Waals surface area contributed by atoms with Crippen LogP contribution in [0.15, 0.2) is 60.0 Å². The van der Waals surface area contributed by atoms with Gasteiger partial charge in [0.2, 0.25) is 0 Å². The molecule has 154 valence electrons. The van der Waals surface area contributed by atoms with Crippen molar-refractivity contribution in [2.24, 2.45) is 0 Å². The summed E-state index contributed by atoms with van der Waals surface area (Å²) in [5.74, 6) is -0.602. The molecule has 0 aliphatic carbocycles. The third-order valence-corrected chi connectivity index (χ3v) is 6.10. The van der Waals surface area contributed by atoms with Crippen LogP contribution in [-0.2, 0) is 16.1 Å². The fraction of sp³-hybridized carbons (Fsp3) is 0.280. The Balaban J connectivity index is 1.52. The number of thiophene rings is 1. The highest BCUT2D eigenvalue weighted by atomic mass is 32.1. The van der Waals surface area contributed by atoms with Crippen LogP contribution in [0.2, 0.25) is 0 Å². The number of esters is 1. The van der Waals surface area contributed by atoms with Crippen molar-refractivity contribution in [3.05, 3.63) is 76.7 Å². The Bertz CT molecular complexity index is 1080. The van der Waals surface area contributed by atoms with E-state index in [1.54, 1.807) is 16.2 Å². The van der Waals surface area contributed by atoms with Crippen LogP contribution < -0.4 is 4.90 Å². The fourth-order valence-electron chi connectivity index (χ4n) is 3.59. The number of fused-ring (bicyclic) bond motifs is 1. The van der Waals surface area contributed by atoms with Crippen molar-refractivity contribution in [3.8, 4) is 10.4 Å². The van der Waals surface area contributed by atoms with Gasteiger partial charge in [-0.3, -0.25) is 9.59 Å². The molecule has 0 fully saturated rings. The molecular weight excluding hydrogens is 394 g/mol. The normalized spacial score (nSPS) is 14.5. The van der Waals surface area contributed by atoms with Gasteiger partial charge in [-0.05, 0) is 80.1 Å². The molecule has 2 aromatic carbocycles. The lowest BCUT2D eigenvalue weighted by Crippen LogP contribution is -2.27. The van der Waals surface area contributed by atoms with Gasteiger partial charge >= 0.3 is 5.97 Å². The predicted molar refractivity (Wildman–Crippen MR) is 121 cm³/mol. The molecule has 0 saturated carbocycles. The SMILES string of the molecule is CC(C(=O)OC(C)(C)C)c1ccc(N2Cc3cc(-c4cccs4)ccc3C2=O)cc1.